The first-order valence-electron chi connectivity index (χ1n) is 10.3. The maximum absolute atomic E-state index is 13.0. The molecule has 34 heavy (non-hydrogen) atoms. The number of carbonyl (C=O) groups excluding carboxylic acids is 1. The maximum Gasteiger partial charge on any atom is 0.258 e. The molecule has 4 aromatic rings. The van der Waals surface area contributed by atoms with Gasteiger partial charge in [-0.1, -0.05) is 6.07 Å². The maximum atomic E-state index is 13.0. The molecule has 0 radical (unpaired) electrons. The van der Waals surface area contributed by atoms with Gasteiger partial charge in [0.2, 0.25) is 18.0 Å². The number of nitrogens with one attached hydrogen (secondary N) is 1. The van der Waals surface area contributed by atoms with E-state index in [9.17, 15) is 14.0 Å². The van der Waals surface area contributed by atoms with Gasteiger partial charge in [-0.25, -0.2) is 4.39 Å². The number of hydrogen-bond acceptors (Lipinski definition) is 7. The molecule has 1 aromatic heterocycles. The van der Waals surface area contributed by atoms with Crippen molar-refractivity contribution in [2.24, 2.45) is 0 Å². The predicted molar refractivity (Wildman–Crippen MR) is 119 cm³/mol. The lowest BCUT2D eigenvalue weighted by Gasteiger charge is -2.09. The van der Waals surface area contributed by atoms with Gasteiger partial charge >= 0.3 is 0 Å². The van der Waals surface area contributed by atoms with Crippen molar-refractivity contribution in [2.45, 2.75) is 6.54 Å². The standard InChI is InChI=1S/C25H18FNO7/c26-16-2-4-17(5-3-16)34-23-12-31-21-10-18(6-7-19(21)25(23)29)30-13-24(28)27-11-15-1-8-20-22(9-15)33-14-32-20/h1-10,12H,11,13-14H2,(H,27,28). The SMILES string of the molecule is O=C(COc1ccc2c(=O)c(Oc3ccc(F)cc3)coc2c1)NCc1ccc2c(c1)OCO2. The number of fused-ring (bicyclic) bond motifs is 2. The van der Waals surface area contributed by atoms with Crippen molar-refractivity contribution < 1.29 is 32.5 Å². The van der Waals surface area contributed by atoms with Gasteiger partial charge in [-0.2, -0.15) is 0 Å². The molecule has 1 amide bonds. The number of hydrogen-bond donors (Lipinski definition) is 1. The number of ether oxygens (including phenoxy) is 4. The lowest BCUT2D eigenvalue weighted by Crippen LogP contribution is -2.28. The number of halogens is 1. The second kappa shape index (κ2) is 9.14. The summed E-state index contributed by atoms with van der Waals surface area (Å²) in [6.07, 6.45) is 1.18. The van der Waals surface area contributed by atoms with Gasteiger partial charge in [0.15, 0.2) is 18.1 Å². The van der Waals surface area contributed by atoms with Crippen LogP contribution in [0, 0.1) is 5.82 Å². The third-order valence-electron chi connectivity index (χ3n) is 5.05. The summed E-state index contributed by atoms with van der Waals surface area (Å²) in [7, 11) is 0. The highest BCUT2D eigenvalue weighted by Gasteiger charge is 2.14. The van der Waals surface area contributed by atoms with E-state index in [-0.39, 0.29) is 36.0 Å². The van der Waals surface area contributed by atoms with Crippen molar-refractivity contribution in [3.8, 4) is 28.7 Å². The molecule has 5 rings (SSSR count). The molecule has 0 aliphatic carbocycles. The van der Waals surface area contributed by atoms with E-state index in [1.807, 2.05) is 12.1 Å². The van der Waals surface area contributed by atoms with Crippen LogP contribution in [0.1, 0.15) is 5.56 Å². The molecule has 8 nitrogen and oxygen atoms in total. The Labute approximate surface area is 192 Å². The minimum Gasteiger partial charge on any atom is -0.484 e. The Hall–Kier alpha value is -4.53. The fourth-order valence-electron chi connectivity index (χ4n) is 3.33. The summed E-state index contributed by atoms with van der Waals surface area (Å²) < 4.78 is 40.2. The van der Waals surface area contributed by atoms with Crippen LogP contribution in [0.2, 0.25) is 0 Å². The molecule has 0 spiro atoms. The van der Waals surface area contributed by atoms with Crippen LogP contribution < -0.4 is 29.7 Å². The van der Waals surface area contributed by atoms with Crippen LogP contribution in [-0.2, 0) is 11.3 Å². The third kappa shape index (κ3) is 4.63. The molecule has 9 heteroatoms. The molecular formula is C25H18FNO7. The van der Waals surface area contributed by atoms with Crippen molar-refractivity contribution >= 4 is 16.9 Å². The number of carbonyl (C=O) groups is 1. The molecule has 0 bridgehead atoms. The van der Waals surface area contributed by atoms with E-state index in [0.29, 0.717) is 29.5 Å². The highest BCUT2D eigenvalue weighted by molar-refractivity contribution is 5.80. The summed E-state index contributed by atoms with van der Waals surface area (Å²) in [5, 5.41) is 3.04. The first-order chi connectivity index (χ1) is 16.5. The minimum absolute atomic E-state index is 0.0318. The smallest absolute Gasteiger partial charge is 0.258 e. The second-order valence-corrected chi connectivity index (χ2v) is 7.40. The van der Waals surface area contributed by atoms with E-state index >= 15 is 0 Å². The molecular weight excluding hydrogens is 445 g/mol. The summed E-state index contributed by atoms with van der Waals surface area (Å²) in [4.78, 5) is 24.9. The summed E-state index contributed by atoms with van der Waals surface area (Å²) in [6, 6.07) is 15.3. The van der Waals surface area contributed by atoms with Crippen LogP contribution in [0.25, 0.3) is 11.0 Å². The van der Waals surface area contributed by atoms with Gasteiger partial charge in [0, 0.05) is 12.6 Å². The zero-order chi connectivity index (χ0) is 23.5. The fourth-order valence-corrected chi connectivity index (χ4v) is 3.33. The molecule has 2 heterocycles. The topological polar surface area (TPSA) is 96.2 Å². The molecule has 1 aliphatic rings. The Morgan fingerprint density at radius 3 is 2.62 bits per heavy atom. The zero-order valence-corrected chi connectivity index (χ0v) is 17.7. The fraction of sp³-hybridized carbons (Fsp3) is 0.120. The van der Waals surface area contributed by atoms with Gasteiger partial charge in [-0.15, -0.1) is 0 Å². The number of rotatable bonds is 7. The molecule has 172 valence electrons. The lowest BCUT2D eigenvalue weighted by atomic mass is 10.2. The van der Waals surface area contributed by atoms with Crippen molar-refractivity contribution in [1.29, 1.82) is 0 Å². The van der Waals surface area contributed by atoms with Gasteiger partial charge in [0.05, 0.1) is 5.39 Å². The third-order valence-corrected chi connectivity index (χ3v) is 5.05. The van der Waals surface area contributed by atoms with Crippen molar-refractivity contribution in [2.75, 3.05) is 13.4 Å². The largest absolute Gasteiger partial charge is 0.484 e. The molecule has 3 aromatic carbocycles. The van der Waals surface area contributed by atoms with Crippen LogP contribution >= 0.6 is 0 Å². The zero-order valence-electron chi connectivity index (χ0n) is 17.7. The van der Waals surface area contributed by atoms with E-state index in [0.717, 1.165) is 5.56 Å². The Morgan fingerprint density at radius 2 is 1.76 bits per heavy atom. The van der Waals surface area contributed by atoms with Crippen LogP contribution in [0.5, 0.6) is 28.7 Å². The van der Waals surface area contributed by atoms with E-state index in [1.54, 1.807) is 12.1 Å². The van der Waals surface area contributed by atoms with Gasteiger partial charge in [0.25, 0.3) is 5.91 Å². The van der Waals surface area contributed by atoms with Crippen molar-refractivity contribution in [1.82, 2.24) is 5.32 Å². The summed E-state index contributed by atoms with van der Waals surface area (Å²) in [5.41, 5.74) is 0.747. The molecule has 0 saturated carbocycles. The van der Waals surface area contributed by atoms with Crippen LogP contribution in [0.15, 0.2) is 76.1 Å². The molecule has 0 unspecified atom stereocenters. The predicted octanol–water partition coefficient (Wildman–Crippen LogP) is 4.15. The lowest BCUT2D eigenvalue weighted by molar-refractivity contribution is -0.123. The second-order valence-electron chi connectivity index (χ2n) is 7.40. The van der Waals surface area contributed by atoms with Crippen molar-refractivity contribution in [3.63, 3.8) is 0 Å². The highest BCUT2D eigenvalue weighted by Crippen LogP contribution is 2.32. The molecule has 0 fully saturated rings. The Bertz CT molecular complexity index is 1420. The van der Waals surface area contributed by atoms with Crippen LogP contribution in [0.3, 0.4) is 0 Å². The highest BCUT2D eigenvalue weighted by atomic mass is 19.1. The van der Waals surface area contributed by atoms with E-state index in [2.05, 4.69) is 5.32 Å². The van der Waals surface area contributed by atoms with E-state index < -0.39 is 11.2 Å². The molecule has 0 saturated heterocycles. The summed E-state index contributed by atoms with van der Waals surface area (Å²) in [6.45, 7) is 0.280. The normalized spacial score (nSPS) is 11.9. The average Bonchev–Trinajstić information content (AvgIpc) is 3.32. The minimum atomic E-state index is -0.410. The monoisotopic (exact) mass is 463 g/mol. The Balaban J connectivity index is 1.20. The molecule has 0 atom stereocenters. The van der Waals surface area contributed by atoms with Crippen molar-refractivity contribution in [3.05, 3.63) is 88.5 Å². The number of benzene rings is 3. The Kier molecular flexibility index (Phi) is 5.73. The van der Waals surface area contributed by atoms with Gasteiger partial charge in [-0.05, 0) is 54.1 Å². The van der Waals surface area contributed by atoms with Crippen LogP contribution in [-0.4, -0.2) is 19.3 Å². The molecule has 1 N–H and O–H groups in total. The van der Waals surface area contributed by atoms with Gasteiger partial charge in [-0.3, -0.25) is 9.59 Å². The summed E-state index contributed by atoms with van der Waals surface area (Å²) in [5.74, 6) is 1.23. The Morgan fingerprint density at radius 1 is 0.971 bits per heavy atom. The van der Waals surface area contributed by atoms with Gasteiger partial charge < -0.3 is 28.7 Å². The first-order valence-corrected chi connectivity index (χ1v) is 10.3. The summed E-state index contributed by atoms with van der Waals surface area (Å²) >= 11 is 0. The molecule has 1 aliphatic heterocycles. The first kappa shape index (κ1) is 21.3. The van der Waals surface area contributed by atoms with Crippen LogP contribution in [0.4, 0.5) is 4.39 Å². The van der Waals surface area contributed by atoms with E-state index in [4.69, 9.17) is 23.4 Å². The number of amides is 1. The van der Waals surface area contributed by atoms with E-state index in [1.165, 1.54) is 42.7 Å². The van der Waals surface area contributed by atoms with Gasteiger partial charge in [0.1, 0.15) is 29.2 Å². The average molecular weight is 463 g/mol. The quantitative estimate of drug-likeness (QED) is 0.440.